The Morgan fingerprint density at radius 1 is 1.06 bits per heavy atom. The van der Waals surface area contributed by atoms with Gasteiger partial charge in [0, 0.05) is 6.54 Å². The fourth-order valence-electron chi connectivity index (χ4n) is 3.41. The van der Waals surface area contributed by atoms with E-state index in [0.29, 0.717) is 18.6 Å². The van der Waals surface area contributed by atoms with E-state index in [-0.39, 0.29) is 24.9 Å². The molecule has 1 atom stereocenters. The van der Waals surface area contributed by atoms with E-state index < -0.39 is 17.5 Å². The van der Waals surface area contributed by atoms with Crippen molar-refractivity contribution in [2.75, 3.05) is 13.7 Å². The molecule has 0 heterocycles. The monoisotopic (exact) mass is 456 g/mol. The van der Waals surface area contributed by atoms with Crippen LogP contribution in [0.15, 0.2) is 36.4 Å². The van der Waals surface area contributed by atoms with Gasteiger partial charge in [0.05, 0.1) is 18.6 Å². The van der Waals surface area contributed by atoms with Gasteiger partial charge < -0.3 is 25.2 Å². The lowest BCUT2D eigenvalue weighted by Gasteiger charge is -2.31. The molecule has 2 rings (SSSR count). The molecule has 0 saturated heterocycles. The van der Waals surface area contributed by atoms with Crippen LogP contribution in [0.2, 0.25) is 0 Å². The van der Waals surface area contributed by atoms with Gasteiger partial charge in [-0.05, 0) is 81.8 Å². The Morgan fingerprint density at radius 3 is 2.30 bits per heavy atom. The number of esters is 1. The summed E-state index contributed by atoms with van der Waals surface area (Å²) in [4.78, 5) is 26.3. The average molecular weight is 457 g/mol. The van der Waals surface area contributed by atoms with Gasteiger partial charge in [-0.1, -0.05) is 24.3 Å². The molecule has 0 saturated carbocycles. The predicted molar refractivity (Wildman–Crippen MR) is 128 cm³/mol. The number of ether oxygens (including phenoxy) is 2. The summed E-state index contributed by atoms with van der Waals surface area (Å²) in [6, 6.07) is 10.1. The molecule has 0 aliphatic rings. The van der Waals surface area contributed by atoms with Crippen molar-refractivity contribution in [1.82, 2.24) is 4.90 Å². The molecule has 0 aromatic heterocycles. The third-order valence-corrected chi connectivity index (χ3v) is 5.68. The van der Waals surface area contributed by atoms with Crippen LogP contribution in [0.5, 0.6) is 11.5 Å². The highest BCUT2D eigenvalue weighted by Gasteiger charge is 2.28. The first-order valence-corrected chi connectivity index (χ1v) is 11.1. The first-order valence-electron chi connectivity index (χ1n) is 11.1. The van der Waals surface area contributed by atoms with E-state index in [9.17, 15) is 14.7 Å². The first kappa shape index (κ1) is 26.0. The minimum atomic E-state index is -0.652. The molecule has 0 bridgehead atoms. The number of aromatic hydroxyl groups is 1. The normalized spacial score (nSPS) is 12.2. The van der Waals surface area contributed by atoms with Crippen LogP contribution in [0.3, 0.4) is 0 Å². The van der Waals surface area contributed by atoms with Gasteiger partial charge in [0.2, 0.25) is 0 Å². The van der Waals surface area contributed by atoms with E-state index in [4.69, 9.17) is 15.2 Å². The quantitative estimate of drug-likeness (QED) is 0.541. The number of nitrogens with two attached hydrogens (primary N) is 1. The lowest BCUT2D eigenvalue weighted by Crippen LogP contribution is -2.46. The second-order valence-corrected chi connectivity index (χ2v) is 9.43. The molecular weight excluding hydrogens is 420 g/mol. The summed E-state index contributed by atoms with van der Waals surface area (Å²) < 4.78 is 10.8. The second kappa shape index (κ2) is 11.1. The molecule has 0 aliphatic carbocycles. The fourth-order valence-corrected chi connectivity index (χ4v) is 3.41. The van der Waals surface area contributed by atoms with Crippen LogP contribution < -0.4 is 10.5 Å². The van der Waals surface area contributed by atoms with Gasteiger partial charge in [-0.25, -0.2) is 4.79 Å². The van der Waals surface area contributed by atoms with Crippen LogP contribution in [0, 0.1) is 19.3 Å². The average Bonchev–Trinajstić information content (AvgIpc) is 2.74. The number of methoxy groups -OCH3 is 1. The van der Waals surface area contributed by atoms with Crippen LogP contribution in [0.25, 0.3) is 0 Å². The van der Waals surface area contributed by atoms with Crippen LogP contribution >= 0.6 is 0 Å². The number of carbonyl (C=O) groups is 2. The standard InChI is InChI=1S/C26H36N2O5/c1-17-7-8-19(13-18(17)2)9-11-21(16-33-24(30)26(3,4)5)28(25(27)31)15-20-10-12-22(29)23(14-20)32-6/h7-8,10,12-14,21,29H,9,11,15-16H2,1-6H3,(H2,27,31). The zero-order chi connectivity index (χ0) is 24.8. The molecule has 2 aromatic carbocycles. The fraction of sp³-hybridized carbons (Fsp3) is 0.462. The molecule has 1 unspecified atom stereocenters. The SMILES string of the molecule is COc1cc(CN(C(N)=O)C(CCc2ccc(C)c(C)c2)COC(=O)C(C)(C)C)ccc1O. The number of hydrogen-bond donors (Lipinski definition) is 2. The van der Waals surface area contributed by atoms with Gasteiger partial charge in [0.25, 0.3) is 0 Å². The smallest absolute Gasteiger partial charge is 0.315 e. The van der Waals surface area contributed by atoms with Crippen LogP contribution in [-0.2, 0) is 22.5 Å². The van der Waals surface area contributed by atoms with Crippen molar-refractivity contribution in [1.29, 1.82) is 0 Å². The Labute approximate surface area is 196 Å². The van der Waals surface area contributed by atoms with E-state index in [2.05, 4.69) is 32.0 Å². The zero-order valence-corrected chi connectivity index (χ0v) is 20.5. The van der Waals surface area contributed by atoms with Crippen molar-refractivity contribution >= 4 is 12.0 Å². The van der Waals surface area contributed by atoms with E-state index in [0.717, 1.165) is 11.1 Å². The summed E-state index contributed by atoms with van der Waals surface area (Å²) in [5, 5.41) is 9.87. The summed E-state index contributed by atoms with van der Waals surface area (Å²) in [5.41, 5.74) is 9.40. The van der Waals surface area contributed by atoms with Crippen molar-refractivity contribution in [3.63, 3.8) is 0 Å². The maximum Gasteiger partial charge on any atom is 0.315 e. The van der Waals surface area contributed by atoms with E-state index in [1.807, 2.05) is 0 Å². The second-order valence-electron chi connectivity index (χ2n) is 9.43. The van der Waals surface area contributed by atoms with Gasteiger partial charge in [0.15, 0.2) is 11.5 Å². The molecule has 7 heteroatoms. The minimum absolute atomic E-state index is 0.0114. The summed E-state index contributed by atoms with van der Waals surface area (Å²) in [6.45, 7) is 9.72. The topological polar surface area (TPSA) is 102 Å². The Kier molecular flexibility index (Phi) is 8.74. The highest BCUT2D eigenvalue weighted by Crippen LogP contribution is 2.27. The number of rotatable bonds is 9. The van der Waals surface area contributed by atoms with Crippen molar-refractivity contribution in [2.45, 2.75) is 60.0 Å². The molecular formula is C26H36N2O5. The van der Waals surface area contributed by atoms with E-state index in [1.165, 1.54) is 29.2 Å². The number of hydrogen-bond acceptors (Lipinski definition) is 5. The molecule has 0 fully saturated rings. The van der Waals surface area contributed by atoms with Crippen molar-refractivity contribution in [3.8, 4) is 11.5 Å². The summed E-state index contributed by atoms with van der Waals surface area (Å²) >= 11 is 0. The van der Waals surface area contributed by atoms with Gasteiger partial charge in [-0.15, -0.1) is 0 Å². The third-order valence-electron chi connectivity index (χ3n) is 5.68. The molecule has 0 radical (unpaired) electrons. The van der Waals surface area contributed by atoms with Gasteiger partial charge in [-0.3, -0.25) is 4.79 Å². The molecule has 33 heavy (non-hydrogen) atoms. The number of benzene rings is 2. The predicted octanol–water partition coefficient (Wildman–Crippen LogP) is 4.49. The maximum atomic E-state index is 12.4. The first-order chi connectivity index (χ1) is 15.4. The summed E-state index contributed by atoms with van der Waals surface area (Å²) in [5.74, 6) is -0.0190. The van der Waals surface area contributed by atoms with Gasteiger partial charge >= 0.3 is 12.0 Å². The Balaban J connectivity index is 2.26. The van der Waals surface area contributed by atoms with Crippen molar-refractivity contribution in [2.24, 2.45) is 11.1 Å². The summed E-state index contributed by atoms with van der Waals surface area (Å²) in [6.07, 6.45) is 1.26. The molecule has 2 amide bonds. The van der Waals surface area contributed by atoms with Crippen molar-refractivity contribution in [3.05, 3.63) is 58.7 Å². The number of phenolic OH excluding ortho intramolecular Hbond substituents is 1. The third kappa shape index (κ3) is 7.41. The number of urea groups is 1. The number of primary amides is 1. The lowest BCUT2D eigenvalue weighted by atomic mass is 9.97. The minimum Gasteiger partial charge on any atom is -0.504 e. The van der Waals surface area contributed by atoms with Crippen molar-refractivity contribution < 1.29 is 24.2 Å². The van der Waals surface area contributed by atoms with Crippen LogP contribution in [-0.4, -0.2) is 41.8 Å². The molecule has 7 nitrogen and oxygen atoms in total. The number of nitrogens with zero attached hydrogens (tertiary/aromatic N) is 1. The number of phenols is 1. The lowest BCUT2D eigenvalue weighted by molar-refractivity contribution is -0.154. The number of amides is 2. The van der Waals surface area contributed by atoms with Gasteiger partial charge in [0.1, 0.15) is 6.61 Å². The van der Waals surface area contributed by atoms with Crippen LogP contribution in [0.1, 0.15) is 49.4 Å². The Morgan fingerprint density at radius 2 is 1.73 bits per heavy atom. The van der Waals surface area contributed by atoms with E-state index in [1.54, 1.807) is 32.9 Å². The number of aryl methyl sites for hydroxylation is 3. The molecule has 180 valence electrons. The molecule has 0 aliphatic heterocycles. The summed E-state index contributed by atoms with van der Waals surface area (Å²) in [7, 11) is 1.46. The molecule has 2 aromatic rings. The highest BCUT2D eigenvalue weighted by molar-refractivity contribution is 5.75. The van der Waals surface area contributed by atoms with Crippen LogP contribution in [0.4, 0.5) is 4.79 Å². The Hall–Kier alpha value is -3.22. The highest BCUT2D eigenvalue weighted by atomic mass is 16.5. The Bertz CT molecular complexity index is 981. The maximum absolute atomic E-state index is 12.4. The molecule has 3 N–H and O–H groups in total. The molecule has 0 spiro atoms. The van der Waals surface area contributed by atoms with E-state index >= 15 is 0 Å². The zero-order valence-electron chi connectivity index (χ0n) is 20.5. The number of carbonyl (C=O) groups excluding carboxylic acids is 2. The largest absolute Gasteiger partial charge is 0.504 e. The van der Waals surface area contributed by atoms with Gasteiger partial charge in [-0.2, -0.15) is 0 Å².